The minimum atomic E-state index is -3.43. The first kappa shape index (κ1) is 18.6. The van der Waals surface area contributed by atoms with Gasteiger partial charge in [-0.2, -0.15) is 9.19 Å². The molecule has 1 aliphatic rings. The highest BCUT2D eigenvalue weighted by Gasteiger charge is 2.45. The Morgan fingerprint density at radius 1 is 1.39 bits per heavy atom. The molecule has 1 amide bonds. The number of hydrogen-bond donors (Lipinski definition) is 2. The standard InChI is InChI=1S/C17H17ClN6O3S/c1-2-28(26,27)24-8-10(6-21-24)11-5-12(11)17(25)23-15-4-9-3-14(18)22-16(19)13(9)7-20-15/h3-4,6-8,11-12H,2,5H2,1H3,(H2,19,22)(H,20,23,25)/t11-,12+/m0/s1. The van der Waals surface area contributed by atoms with Gasteiger partial charge in [0.25, 0.3) is 10.0 Å². The molecule has 1 fully saturated rings. The van der Waals surface area contributed by atoms with Gasteiger partial charge in [0.2, 0.25) is 5.91 Å². The highest BCUT2D eigenvalue weighted by molar-refractivity contribution is 7.89. The number of pyridine rings is 2. The Kier molecular flexibility index (Phi) is 4.47. The number of nitrogens with one attached hydrogen (secondary N) is 1. The fourth-order valence-corrected chi connectivity index (χ4v) is 4.02. The highest BCUT2D eigenvalue weighted by Crippen LogP contribution is 2.48. The van der Waals surface area contributed by atoms with Crippen molar-refractivity contribution in [3.05, 3.63) is 41.4 Å². The van der Waals surface area contributed by atoms with Crippen molar-refractivity contribution >= 4 is 49.9 Å². The van der Waals surface area contributed by atoms with E-state index in [0.717, 1.165) is 15.0 Å². The highest BCUT2D eigenvalue weighted by atomic mass is 35.5. The van der Waals surface area contributed by atoms with Gasteiger partial charge in [-0.15, -0.1) is 0 Å². The number of anilines is 2. The van der Waals surface area contributed by atoms with Gasteiger partial charge >= 0.3 is 0 Å². The van der Waals surface area contributed by atoms with Crippen molar-refractivity contribution in [3.63, 3.8) is 0 Å². The Labute approximate surface area is 166 Å². The molecule has 9 nitrogen and oxygen atoms in total. The minimum Gasteiger partial charge on any atom is -0.383 e. The number of aromatic nitrogens is 4. The minimum absolute atomic E-state index is 0.0413. The number of fused-ring (bicyclic) bond motifs is 1. The van der Waals surface area contributed by atoms with Crippen molar-refractivity contribution in [1.29, 1.82) is 0 Å². The lowest BCUT2D eigenvalue weighted by molar-refractivity contribution is -0.117. The Morgan fingerprint density at radius 3 is 2.93 bits per heavy atom. The Bertz CT molecular complexity index is 1190. The predicted molar refractivity (Wildman–Crippen MR) is 106 cm³/mol. The predicted octanol–water partition coefficient (Wildman–Crippen LogP) is 2.00. The molecule has 0 saturated heterocycles. The summed E-state index contributed by atoms with van der Waals surface area (Å²) in [6.45, 7) is 1.55. The number of amides is 1. The molecular formula is C17H17ClN6O3S. The van der Waals surface area contributed by atoms with Crippen molar-refractivity contribution in [2.24, 2.45) is 5.92 Å². The summed E-state index contributed by atoms with van der Waals surface area (Å²) in [4.78, 5) is 20.7. The van der Waals surface area contributed by atoms with Crippen LogP contribution in [-0.4, -0.2) is 39.2 Å². The van der Waals surface area contributed by atoms with Crippen LogP contribution >= 0.6 is 11.6 Å². The Morgan fingerprint density at radius 2 is 2.18 bits per heavy atom. The fourth-order valence-electron chi connectivity index (χ4n) is 3.07. The summed E-state index contributed by atoms with van der Waals surface area (Å²) in [5.41, 5.74) is 6.55. The van der Waals surface area contributed by atoms with Gasteiger partial charge in [0.05, 0.1) is 11.9 Å². The monoisotopic (exact) mass is 420 g/mol. The molecule has 3 N–H and O–H groups in total. The molecule has 0 bridgehead atoms. The van der Waals surface area contributed by atoms with Crippen LogP contribution in [0.5, 0.6) is 0 Å². The average molecular weight is 421 g/mol. The average Bonchev–Trinajstić information content (AvgIpc) is 3.29. The van der Waals surface area contributed by atoms with Gasteiger partial charge in [0.15, 0.2) is 0 Å². The molecule has 2 atom stereocenters. The molecule has 1 aliphatic carbocycles. The van der Waals surface area contributed by atoms with E-state index in [4.69, 9.17) is 17.3 Å². The van der Waals surface area contributed by atoms with Crippen molar-refractivity contribution in [1.82, 2.24) is 19.2 Å². The van der Waals surface area contributed by atoms with E-state index in [2.05, 4.69) is 20.4 Å². The zero-order valence-electron chi connectivity index (χ0n) is 14.8. The molecule has 0 spiro atoms. The second kappa shape index (κ2) is 6.71. The van der Waals surface area contributed by atoms with Crippen LogP contribution in [-0.2, 0) is 14.8 Å². The molecule has 0 aromatic carbocycles. The van der Waals surface area contributed by atoms with E-state index in [0.29, 0.717) is 17.6 Å². The summed E-state index contributed by atoms with van der Waals surface area (Å²) >= 11 is 5.92. The van der Waals surface area contributed by atoms with Crippen molar-refractivity contribution in [2.45, 2.75) is 19.3 Å². The normalized spacial score (nSPS) is 18.9. The first-order chi connectivity index (χ1) is 13.3. The third kappa shape index (κ3) is 3.40. The molecule has 28 heavy (non-hydrogen) atoms. The third-order valence-electron chi connectivity index (χ3n) is 4.75. The molecule has 3 heterocycles. The number of carbonyl (C=O) groups is 1. The van der Waals surface area contributed by atoms with Crippen LogP contribution in [0.4, 0.5) is 11.6 Å². The third-order valence-corrected chi connectivity index (χ3v) is 6.44. The summed E-state index contributed by atoms with van der Waals surface area (Å²) in [5, 5.41) is 8.32. The molecule has 3 aromatic heterocycles. The topological polar surface area (TPSA) is 133 Å². The van der Waals surface area contributed by atoms with Gasteiger partial charge in [-0.25, -0.2) is 18.4 Å². The van der Waals surface area contributed by atoms with Gasteiger partial charge in [-0.1, -0.05) is 11.6 Å². The number of nitrogens with two attached hydrogens (primary N) is 1. The molecule has 3 aromatic rings. The maximum atomic E-state index is 12.5. The quantitative estimate of drug-likeness (QED) is 0.603. The van der Waals surface area contributed by atoms with Crippen LogP contribution in [0, 0.1) is 5.92 Å². The molecule has 1 saturated carbocycles. The van der Waals surface area contributed by atoms with Crippen molar-refractivity contribution in [2.75, 3.05) is 16.8 Å². The lowest BCUT2D eigenvalue weighted by Crippen LogP contribution is -2.16. The van der Waals surface area contributed by atoms with Crippen LogP contribution < -0.4 is 11.1 Å². The fraction of sp³-hybridized carbons (Fsp3) is 0.294. The largest absolute Gasteiger partial charge is 0.383 e. The lowest BCUT2D eigenvalue weighted by Gasteiger charge is -2.07. The van der Waals surface area contributed by atoms with Gasteiger partial charge in [0, 0.05) is 23.7 Å². The molecule has 0 aliphatic heterocycles. The van der Waals surface area contributed by atoms with Crippen LogP contribution in [0.2, 0.25) is 5.15 Å². The van der Waals surface area contributed by atoms with Gasteiger partial charge in [-0.3, -0.25) is 4.79 Å². The molecule has 146 valence electrons. The Balaban J connectivity index is 1.48. The first-order valence-corrected chi connectivity index (χ1v) is 10.6. The molecular weight excluding hydrogens is 404 g/mol. The zero-order valence-corrected chi connectivity index (χ0v) is 16.4. The van der Waals surface area contributed by atoms with E-state index < -0.39 is 10.0 Å². The van der Waals surface area contributed by atoms with Crippen LogP contribution in [0.25, 0.3) is 10.8 Å². The van der Waals surface area contributed by atoms with Gasteiger partial charge < -0.3 is 11.1 Å². The smallest absolute Gasteiger partial charge is 0.253 e. The van der Waals surface area contributed by atoms with E-state index in [1.54, 1.807) is 19.1 Å². The number of hydrogen-bond acceptors (Lipinski definition) is 7. The number of nitrogens with zero attached hydrogens (tertiary/aromatic N) is 4. The summed E-state index contributed by atoms with van der Waals surface area (Å²) < 4.78 is 24.7. The molecule has 0 radical (unpaired) electrons. The van der Waals surface area contributed by atoms with E-state index in [1.165, 1.54) is 18.6 Å². The summed E-state index contributed by atoms with van der Waals surface area (Å²) in [7, 11) is -3.43. The van der Waals surface area contributed by atoms with E-state index >= 15 is 0 Å². The second-order valence-electron chi connectivity index (χ2n) is 6.61. The van der Waals surface area contributed by atoms with Crippen molar-refractivity contribution in [3.8, 4) is 0 Å². The van der Waals surface area contributed by atoms with Crippen LogP contribution in [0.15, 0.2) is 30.7 Å². The van der Waals surface area contributed by atoms with Gasteiger partial charge in [0.1, 0.15) is 16.8 Å². The lowest BCUT2D eigenvalue weighted by atomic mass is 10.2. The van der Waals surface area contributed by atoms with E-state index in [1.807, 2.05) is 0 Å². The summed E-state index contributed by atoms with van der Waals surface area (Å²) in [5.74, 6) is 0.112. The summed E-state index contributed by atoms with van der Waals surface area (Å²) in [6, 6.07) is 3.33. The van der Waals surface area contributed by atoms with E-state index in [-0.39, 0.29) is 34.5 Å². The van der Waals surface area contributed by atoms with E-state index in [9.17, 15) is 13.2 Å². The Hall–Kier alpha value is -2.72. The van der Waals surface area contributed by atoms with Crippen LogP contribution in [0.3, 0.4) is 0 Å². The van der Waals surface area contributed by atoms with Crippen LogP contribution in [0.1, 0.15) is 24.8 Å². The van der Waals surface area contributed by atoms with Gasteiger partial charge in [-0.05, 0) is 42.3 Å². The maximum absolute atomic E-state index is 12.5. The molecule has 4 rings (SSSR count). The molecule has 0 unspecified atom stereocenters. The second-order valence-corrected chi connectivity index (χ2v) is 9.11. The number of carbonyl (C=O) groups excluding carboxylic acids is 1. The number of nitrogen functional groups attached to an aromatic ring is 1. The summed E-state index contributed by atoms with van der Waals surface area (Å²) in [6.07, 6.45) is 5.13. The van der Waals surface area contributed by atoms with Crippen molar-refractivity contribution < 1.29 is 13.2 Å². The first-order valence-electron chi connectivity index (χ1n) is 8.59. The molecule has 11 heteroatoms. The maximum Gasteiger partial charge on any atom is 0.253 e. The SMILES string of the molecule is CCS(=O)(=O)n1cc([C@@H]2C[C@H]2C(=O)Nc2cc3cc(Cl)nc(N)c3cn2)cn1. The number of rotatable bonds is 5. The zero-order chi connectivity index (χ0) is 20.1. The number of halogens is 1.